The van der Waals surface area contributed by atoms with Crippen LogP contribution in [0, 0.1) is 0 Å². The van der Waals surface area contributed by atoms with Gasteiger partial charge in [0, 0.05) is 18.7 Å². The Hall–Kier alpha value is -2.03. The summed E-state index contributed by atoms with van der Waals surface area (Å²) in [5.41, 5.74) is -0.547. The summed E-state index contributed by atoms with van der Waals surface area (Å²) >= 11 is 0. The summed E-state index contributed by atoms with van der Waals surface area (Å²) in [6.45, 7) is 6.89. The summed E-state index contributed by atoms with van der Waals surface area (Å²) in [5.74, 6) is -0.254. The molecule has 0 aliphatic heterocycles. The minimum Gasteiger partial charge on any atom is -0.363 e. The van der Waals surface area contributed by atoms with Gasteiger partial charge in [0.1, 0.15) is 0 Å². The lowest BCUT2D eigenvalue weighted by molar-refractivity contribution is -0.236. The molecule has 1 heterocycles. The first kappa shape index (κ1) is 21.3. The number of hydroxylamine groups is 2. The van der Waals surface area contributed by atoms with Crippen LogP contribution < -0.4 is 0 Å². The molecule has 0 N–H and O–H groups in total. The molecule has 2 aromatic rings. The number of pyridine rings is 1. The molecule has 0 bridgehead atoms. The average Bonchev–Trinajstić information content (AvgIpc) is 2.58. The lowest BCUT2D eigenvalue weighted by Crippen LogP contribution is -2.48. The van der Waals surface area contributed by atoms with Crippen molar-refractivity contribution in [1.82, 2.24) is 10.0 Å². The van der Waals surface area contributed by atoms with Crippen molar-refractivity contribution in [2.75, 3.05) is 7.11 Å². The van der Waals surface area contributed by atoms with E-state index in [1.54, 1.807) is 40.0 Å². The zero-order valence-electron chi connectivity index (χ0n) is 16.2. The van der Waals surface area contributed by atoms with Gasteiger partial charge in [-0.25, -0.2) is 13.5 Å². The van der Waals surface area contributed by atoms with Crippen LogP contribution >= 0.6 is 0 Å². The fourth-order valence-corrected chi connectivity index (χ4v) is 4.59. The number of para-hydroxylation sites is 1. The van der Waals surface area contributed by atoms with Crippen LogP contribution in [0.4, 0.5) is 0 Å². The average molecular weight is 394 g/mol. The van der Waals surface area contributed by atoms with Crippen molar-refractivity contribution in [3.05, 3.63) is 42.1 Å². The summed E-state index contributed by atoms with van der Waals surface area (Å²) in [7, 11) is -2.44. The van der Waals surface area contributed by atoms with Gasteiger partial charge in [-0.2, -0.15) is 0 Å². The van der Waals surface area contributed by atoms with Crippen molar-refractivity contribution in [3.8, 4) is 0 Å². The highest BCUT2D eigenvalue weighted by Crippen LogP contribution is 2.22. The van der Waals surface area contributed by atoms with E-state index in [9.17, 15) is 13.2 Å². The highest BCUT2D eigenvalue weighted by Gasteiger charge is 2.36. The molecule has 1 amide bonds. The van der Waals surface area contributed by atoms with Crippen molar-refractivity contribution >= 4 is 27.2 Å². The number of nitrogens with zero attached hydrogens (tertiary/aromatic N) is 2. The van der Waals surface area contributed by atoms with E-state index in [1.165, 1.54) is 7.11 Å². The minimum absolute atomic E-state index is 0.254. The highest BCUT2D eigenvalue weighted by molar-refractivity contribution is 7.91. The number of hydrogen-bond donors (Lipinski definition) is 0. The zero-order chi connectivity index (χ0) is 20.2. The van der Waals surface area contributed by atoms with Crippen molar-refractivity contribution < 1.29 is 22.8 Å². The lowest BCUT2D eigenvalue weighted by atomic mass is 10.2. The number of rotatable bonds is 8. The van der Waals surface area contributed by atoms with E-state index in [0.717, 1.165) is 16.0 Å². The first-order chi connectivity index (χ1) is 12.6. The normalized spacial score (nSPS) is 14.7. The molecule has 2 unspecified atom stereocenters. The second kappa shape index (κ2) is 8.33. The van der Waals surface area contributed by atoms with Gasteiger partial charge in [0.25, 0.3) is 0 Å². The number of methoxy groups -OCH3 is 1. The van der Waals surface area contributed by atoms with E-state index in [0.29, 0.717) is 12.0 Å². The van der Waals surface area contributed by atoms with Gasteiger partial charge in [-0.3, -0.25) is 14.6 Å². The molecule has 2 rings (SSSR count). The first-order valence-electron chi connectivity index (χ1n) is 8.58. The van der Waals surface area contributed by atoms with Crippen LogP contribution in [0.2, 0.25) is 0 Å². The summed E-state index contributed by atoms with van der Waals surface area (Å²) in [4.78, 5) is 21.3. The monoisotopic (exact) mass is 394 g/mol. The smallest absolute Gasteiger partial charge is 0.233 e. The molecule has 7 nitrogen and oxygen atoms in total. The number of hydrogen-bond acceptors (Lipinski definition) is 6. The van der Waals surface area contributed by atoms with Crippen molar-refractivity contribution in [2.24, 2.45) is 0 Å². The largest absolute Gasteiger partial charge is 0.363 e. The van der Waals surface area contributed by atoms with Crippen LogP contribution in [0.3, 0.4) is 0 Å². The number of aromatic nitrogens is 1. The Labute approximate surface area is 160 Å². The molecule has 0 radical (unpaired) electrons. The highest BCUT2D eigenvalue weighted by atomic mass is 32.2. The predicted molar refractivity (Wildman–Crippen MR) is 103 cm³/mol. The first-order valence-corrected chi connectivity index (χ1v) is 10.3. The fourth-order valence-electron chi connectivity index (χ4n) is 2.79. The number of ether oxygens (including phenoxy) is 1. The van der Waals surface area contributed by atoms with Gasteiger partial charge in [-0.05, 0) is 45.4 Å². The van der Waals surface area contributed by atoms with E-state index in [1.807, 2.05) is 24.3 Å². The van der Waals surface area contributed by atoms with E-state index in [-0.39, 0.29) is 5.75 Å². The van der Waals surface area contributed by atoms with E-state index in [2.05, 4.69) is 4.98 Å². The molecule has 148 valence electrons. The topological polar surface area (TPSA) is 85.8 Å². The summed E-state index contributed by atoms with van der Waals surface area (Å²) in [6, 6.07) is 8.44. The molecule has 0 fully saturated rings. The molecule has 27 heavy (non-hydrogen) atoms. The van der Waals surface area contributed by atoms with E-state index < -0.39 is 26.9 Å². The molecule has 8 heteroatoms. The van der Waals surface area contributed by atoms with Crippen LogP contribution in [0.5, 0.6) is 0 Å². The van der Waals surface area contributed by atoms with Gasteiger partial charge in [0.05, 0.1) is 22.9 Å². The van der Waals surface area contributed by atoms with Crippen molar-refractivity contribution in [1.29, 1.82) is 0 Å². The van der Waals surface area contributed by atoms with Crippen LogP contribution in [-0.4, -0.2) is 49.1 Å². The minimum atomic E-state index is -3.75. The van der Waals surface area contributed by atoms with Crippen LogP contribution in [0.25, 0.3) is 10.9 Å². The molecule has 0 aliphatic carbocycles. The number of carbonyl (C=O) groups is 1. The quantitative estimate of drug-likeness (QED) is 0.505. The third-order valence-corrected chi connectivity index (χ3v) is 5.91. The Kier molecular flexibility index (Phi) is 6.56. The number of amides is 1. The SMILES string of the molecule is COC(C(C)N(C=O)OC(C)(C)C)S(=O)(=O)Cc1cnc2ccccc2c1. The maximum Gasteiger partial charge on any atom is 0.233 e. The Morgan fingerprint density at radius 1 is 1.26 bits per heavy atom. The molecular weight excluding hydrogens is 368 g/mol. The Bertz CT molecular complexity index is 892. The standard InChI is InChI=1S/C19H26N2O5S/c1-14(21(13-22)26-19(2,3)4)18(25-5)27(23,24)12-15-10-16-8-6-7-9-17(16)20-11-15/h6-11,13-14,18H,12H2,1-5H3. The number of benzene rings is 1. The number of sulfone groups is 1. The maximum atomic E-state index is 12.9. The predicted octanol–water partition coefficient (Wildman–Crippen LogP) is 2.70. The van der Waals surface area contributed by atoms with Crippen LogP contribution in [-0.2, 0) is 30.0 Å². The van der Waals surface area contributed by atoms with Crippen LogP contribution in [0.15, 0.2) is 36.5 Å². The summed E-state index contributed by atoms with van der Waals surface area (Å²) in [6.07, 6.45) is 2.01. The second-order valence-corrected chi connectivity index (χ2v) is 9.44. The molecule has 0 saturated heterocycles. The Morgan fingerprint density at radius 3 is 2.52 bits per heavy atom. The molecule has 0 saturated carbocycles. The molecular formula is C19H26N2O5S. The third-order valence-electron chi connectivity index (χ3n) is 3.88. The Balaban J connectivity index is 2.26. The molecule has 1 aromatic heterocycles. The molecule has 0 spiro atoms. The van der Waals surface area contributed by atoms with Gasteiger partial charge in [-0.1, -0.05) is 18.2 Å². The van der Waals surface area contributed by atoms with Crippen molar-refractivity contribution in [3.63, 3.8) is 0 Å². The maximum absolute atomic E-state index is 12.9. The van der Waals surface area contributed by atoms with Gasteiger partial charge in [-0.15, -0.1) is 0 Å². The molecule has 0 aliphatic rings. The molecule has 1 aromatic carbocycles. The van der Waals surface area contributed by atoms with Gasteiger partial charge >= 0.3 is 0 Å². The third kappa shape index (κ3) is 5.47. The van der Waals surface area contributed by atoms with Crippen LogP contribution in [0.1, 0.15) is 33.3 Å². The van der Waals surface area contributed by atoms with E-state index in [4.69, 9.17) is 9.57 Å². The zero-order valence-corrected chi connectivity index (χ0v) is 17.1. The van der Waals surface area contributed by atoms with E-state index >= 15 is 0 Å². The van der Waals surface area contributed by atoms with Crippen molar-refractivity contribution in [2.45, 2.75) is 50.5 Å². The lowest BCUT2D eigenvalue weighted by Gasteiger charge is -2.34. The van der Waals surface area contributed by atoms with Gasteiger partial charge in [0.2, 0.25) is 6.41 Å². The summed E-state index contributed by atoms with van der Waals surface area (Å²) in [5, 5.41) is 1.85. The fraction of sp³-hybridized carbons (Fsp3) is 0.474. The number of carbonyl (C=O) groups excluding carboxylic acids is 1. The second-order valence-electron chi connectivity index (χ2n) is 7.36. The van der Waals surface area contributed by atoms with Gasteiger partial charge < -0.3 is 4.74 Å². The molecule has 2 atom stereocenters. The van der Waals surface area contributed by atoms with Gasteiger partial charge in [0.15, 0.2) is 15.3 Å². The summed E-state index contributed by atoms with van der Waals surface area (Å²) < 4.78 is 31.1. The Morgan fingerprint density at radius 2 is 1.93 bits per heavy atom. The number of fused-ring (bicyclic) bond motifs is 1.